The van der Waals surface area contributed by atoms with Crippen LogP contribution >= 0.6 is 23.2 Å². The molecular formula is C21H24Cl2N2O3. The molecule has 5 nitrogen and oxygen atoms in total. The molecule has 1 saturated heterocycles. The summed E-state index contributed by atoms with van der Waals surface area (Å²) in [5.41, 5.74) is 2.38. The Hall–Kier alpha value is -1.95. The topological polar surface area (TPSA) is 50.8 Å². The lowest BCUT2D eigenvalue weighted by molar-refractivity contribution is -0.117. The maximum Gasteiger partial charge on any atom is 0.238 e. The van der Waals surface area contributed by atoms with E-state index in [1.165, 1.54) is 0 Å². The van der Waals surface area contributed by atoms with Gasteiger partial charge in [-0.05, 0) is 44.0 Å². The highest BCUT2D eigenvalue weighted by Gasteiger charge is 2.30. The first-order valence-electron chi connectivity index (χ1n) is 9.15. The van der Waals surface area contributed by atoms with Crippen molar-refractivity contribution in [2.45, 2.75) is 25.8 Å². The van der Waals surface area contributed by atoms with Crippen LogP contribution in [0, 0.1) is 6.92 Å². The number of nitrogens with zero attached hydrogens (tertiary/aromatic N) is 1. The summed E-state index contributed by atoms with van der Waals surface area (Å²) in [6.45, 7) is 2.96. The predicted molar refractivity (Wildman–Crippen MR) is 113 cm³/mol. The van der Waals surface area contributed by atoms with Crippen molar-refractivity contribution in [1.29, 1.82) is 0 Å². The first kappa shape index (κ1) is 20.8. The number of anilines is 1. The van der Waals surface area contributed by atoms with Crippen molar-refractivity contribution in [2.75, 3.05) is 32.6 Å². The number of hydrogen-bond acceptors (Lipinski definition) is 4. The van der Waals surface area contributed by atoms with Crippen LogP contribution in [-0.2, 0) is 4.79 Å². The Labute approximate surface area is 175 Å². The summed E-state index contributed by atoms with van der Waals surface area (Å²) in [7, 11) is 3.27. The maximum atomic E-state index is 12.7. The molecule has 0 aliphatic carbocycles. The first-order chi connectivity index (χ1) is 13.4. The summed E-state index contributed by atoms with van der Waals surface area (Å²) in [4.78, 5) is 14.8. The molecule has 1 heterocycles. The highest BCUT2D eigenvalue weighted by molar-refractivity contribution is 6.40. The molecule has 0 radical (unpaired) electrons. The number of nitrogens with one attached hydrogen (secondary N) is 1. The molecule has 2 aromatic rings. The van der Waals surface area contributed by atoms with E-state index < -0.39 is 0 Å². The van der Waals surface area contributed by atoms with Gasteiger partial charge in [0.05, 0.1) is 36.5 Å². The lowest BCUT2D eigenvalue weighted by Gasteiger charge is -2.26. The van der Waals surface area contributed by atoms with Crippen LogP contribution in [0.15, 0.2) is 30.3 Å². The zero-order chi connectivity index (χ0) is 20.3. The Bertz CT molecular complexity index is 873. The Kier molecular flexibility index (Phi) is 6.70. The van der Waals surface area contributed by atoms with Crippen LogP contribution in [0.2, 0.25) is 10.0 Å². The highest BCUT2D eigenvalue weighted by atomic mass is 35.5. The van der Waals surface area contributed by atoms with Crippen molar-refractivity contribution >= 4 is 34.8 Å². The van der Waals surface area contributed by atoms with Gasteiger partial charge in [-0.1, -0.05) is 35.3 Å². The molecule has 0 saturated carbocycles. The van der Waals surface area contributed by atoms with Gasteiger partial charge in [0, 0.05) is 17.7 Å². The minimum Gasteiger partial charge on any atom is -0.497 e. The number of methoxy groups -OCH3 is 2. The van der Waals surface area contributed by atoms with Crippen LogP contribution in [0.3, 0.4) is 0 Å². The van der Waals surface area contributed by atoms with Crippen molar-refractivity contribution in [3.8, 4) is 11.5 Å². The van der Waals surface area contributed by atoms with Crippen LogP contribution in [0.25, 0.3) is 0 Å². The standard InChI is InChI=1S/C21H24Cl2N2O3/c1-13-6-9-16(22)21(20(13)23)24-19(26)12-25-10-4-5-17(25)15-8-7-14(27-2)11-18(15)28-3/h6-9,11,17H,4-5,10,12H2,1-3H3,(H,24,26)/t17-/m1/s1. The van der Waals surface area contributed by atoms with E-state index in [0.717, 1.165) is 42.0 Å². The van der Waals surface area contributed by atoms with Crippen LogP contribution in [0.5, 0.6) is 11.5 Å². The fourth-order valence-corrected chi connectivity index (χ4v) is 4.06. The second-order valence-corrected chi connectivity index (χ2v) is 7.62. The zero-order valence-electron chi connectivity index (χ0n) is 16.2. The second kappa shape index (κ2) is 9.03. The molecule has 2 aromatic carbocycles. The summed E-state index contributed by atoms with van der Waals surface area (Å²) in [6, 6.07) is 9.47. The quantitative estimate of drug-likeness (QED) is 0.703. The van der Waals surface area contributed by atoms with Crippen molar-refractivity contribution in [1.82, 2.24) is 4.90 Å². The largest absolute Gasteiger partial charge is 0.497 e. The lowest BCUT2D eigenvalue weighted by Crippen LogP contribution is -2.33. The van der Waals surface area contributed by atoms with E-state index in [2.05, 4.69) is 10.2 Å². The number of hydrogen-bond donors (Lipinski definition) is 1. The molecule has 150 valence electrons. The van der Waals surface area contributed by atoms with E-state index in [-0.39, 0.29) is 18.5 Å². The van der Waals surface area contributed by atoms with Gasteiger partial charge in [0.1, 0.15) is 11.5 Å². The molecule has 1 aliphatic rings. The zero-order valence-corrected chi connectivity index (χ0v) is 17.7. The number of rotatable bonds is 6. The van der Waals surface area contributed by atoms with Crippen molar-refractivity contribution < 1.29 is 14.3 Å². The summed E-state index contributed by atoms with van der Waals surface area (Å²) in [6.07, 6.45) is 1.97. The average molecular weight is 423 g/mol. The van der Waals surface area contributed by atoms with Crippen LogP contribution in [0.4, 0.5) is 5.69 Å². The minimum atomic E-state index is -0.145. The number of likely N-dealkylation sites (tertiary alicyclic amines) is 1. The van der Waals surface area contributed by atoms with Gasteiger partial charge in [-0.2, -0.15) is 0 Å². The molecule has 1 aliphatic heterocycles. The number of aryl methyl sites for hydroxylation is 1. The third-order valence-electron chi connectivity index (χ3n) is 5.06. The molecule has 0 unspecified atom stereocenters. The molecule has 1 amide bonds. The van der Waals surface area contributed by atoms with E-state index >= 15 is 0 Å². The molecule has 1 atom stereocenters. The van der Waals surface area contributed by atoms with Gasteiger partial charge in [0.15, 0.2) is 0 Å². The second-order valence-electron chi connectivity index (χ2n) is 6.84. The van der Waals surface area contributed by atoms with Gasteiger partial charge < -0.3 is 14.8 Å². The van der Waals surface area contributed by atoms with Crippen molar-refractivity contribution in [3.05, 3.63) is 51.5 Å². The normalized spacial score (nSPS) is 16.8. The van der Waals surface area contributed by atoms with Crippen molar-refractivity contribution in [2.24, 2.45) is 0 Å². The number of halogens is 2. The number of carbonyl (C=O) groups excluding carboxylic acids is 1. The molecular weight excluding hydrogens is 399 g/mol. The third kappa shape index (κ3) is 4.37. The van der Waals surface area contributed by atoms with Gasteiger partial charge >= 0.3 is 0 Å². The summed E-state index contributed by atoms with van der Waals surface area (Å²) in [5.74, 6) is 1.36. The van der Waals surface area contributed by atoms with E-state index in [1.807, 2.05) is 31.2 Å². The highest BCUT2D eigenvalue weighted by Crippen LogP contribution is 2.39. The third-order valence-corrected chi connectivity index (χ3v) is 5.86. The van der Waals surface area contributed by atoms with E-state index in [4.69, 9.17) is 32.7 Å². The Morgan fingerprint density at radius 1 is 1.21 bits per heavy atom. The molecule has 7 heteroatoms. The van der Waals surface area contributed by atoms with Gasteiger partial charge in [-0.3, -0.25) is 9.69 Å². The molecule has 1 N–H and O–H groups in total. The van der Waals surface area contributed by atoms with Crippen LogP contribution in [-0.4, -0.2) is 38.1 Å². The smallest absolute Gasteiger partial charge is 0.238 e. The maximum absolute atomic E-state index is 12.7. The Morgan fingerprint density at radius 2 is 2.00 bits per heavy atom. The molecule has 3 rings (SSSR count). The first-order valence-corrected chi connectivity index (χ1v) is 9.90. The molecule has 0 bridgehead atoms. The molecule has 0 aromatic heterocycles. The Morgan fingerprint density at radius 3 is 2.71 bits per heavy atom. The fraction of sp³-hybridized carbons (Fsp3) is 0.381. The summed E-state index contributed by atoms with van der Waals surface area (Å²) < 4.78 is 10.8. The summed E-state index contributed by atoms with van der Waals surface area (Å²) >= 11 is 12.5. The van der Waals surface area contributed by atoms with E-state index in [1.54, 1.807) is 20.3 Å². The van der Waals surface area contributed by atoms with E-state index in [9.17, 15) is 4.79 Å². The van der Waals surface area contributed by atoms with Gasteiger partial charge in [-0.25, -0.2) is 0 Å². The predicted octanol–water partition coefficient (Wildman–Crippen LogP) is 5.09. The van der Waals surface area contributed by atoms with Crippen molar-refractivity contribution in [3.63, 3.8) is 0 Å². The van der Waals surface area contributed by atoms with Crippen LogP contribution in [0.1, 0.15) is 30.0 Å². The van der Waals surface area contributed by atoms with Gasteiger partial charge in [-0.15, -0.1) is 0 Å². The molecule has 0 spiro atoms. The van der Waals surface area contributed by atoms with Gasteiger partial charge in [0.2, 0.25) is 5.91 Å². The number of amides is 1. The minimum absolute atomic E-state index is 0.107. The Balaban J connectivity index is 1.76. The SMILES string of the molecule is COc1ccc([C@H]2CCCN2CC(=O)Nc2c(Cl)ccc(C)c2Cl)c(OC)c1. The van der Waals surface area contributed by atoms with E-state index in [0.29, 0.717) is 15.7 Å². The van der Waals surface area contributed by atoms with Crippen LogP contribution < -0.4 is 14.8 Å². The molecule has 28 heavy (non-hydrogen) atoms. The number of benzene rings is 2. The molecule has 1 fully saturated rings. The fourth-order valence-electron chi connectivity index (χ4n) is 3.60. The number of carbonyl (C=O) groups is 1. The monoisotopic (exact) mass is 422 g/mol. The number of ether oxygens (including phenoxy) is 2. The average Bonchev–Trinajstić information content (AvgIpc) is 3.15. The lowest BCUT2D eigenvalue weighted by atomic mass is 10.0. The van der Waals surface area contributed by atoms with Gasteiger partial charge in [0.25, 0.3) is 0 Å². The summed E-state index contributed by atoms with van der Waals surface area (Å²) in [5, 5.41) is 3.77.